The van der Waals surface area contributed by atoms with E-state index in [0.717, 1.165) is 0 Å². The van der Waals surface area contributed by atoms with Crippen LogP contribution < -0.4 is 4.72 Å². The van der Waals surface area contributed by atoms with Gasteiger partial charge in [0.05, 0.1) is 10.1 Å². The number of alkyl halides is 2. The van der Waals surface area contributed by atoms with Crippen LogP contribution >= 0.6 is 46.4 Å². The van der Waals surface area contributed by atoms with Crippen LogP contribution in [0.3, 0.4) is 0 Å². The van der Waals surface area contributed by atoms with E-state index in [0.29, 0.717) is 0 Å². The van der Waals surface area contributed by atoms with Crippen molar-refractivity contribution in [2.75, 3.05) is 0 Å². The molecule has 3 rings (SSSR count). The molecule has 4 atom stereocenters. The quantitative estimate of drug-likeness (QED) is 0.679. The molecule has 1 N–H and O–H groups in total. The van der Waals surface area contributed by atoms with Gasteiger partial charge >= 0.3 is 0 Å². The van der Waals surface area contributed by atoms with Gasteiger partial charge in [-0.15, -0.1) is 23.2 Å². The zero-order valence-electron chi connectivity index (χ0n) is 7.30. The van der Waals surface area contributed by atoms with E-state index in [-0.39, 0.29) is 10.1 Å². The van der Waals surface area contributed by atoms with Gasteiger partial charge in [0.25, 0.3) is 5.91 Å². The van der Waals surface area contributed by atoms with Crippen molar-refractivity contribution in [1.82, 2.24) is 4.72 Å². The van der Waals surface area contributed by atoms with Crippen LogP contribution in [0.25, 0.3) is 0 Å². The van der Waals surface area contributed by atoms with Gasteiger partial charge in [0.2, 0.25) is 10.0 Å². The lowest BCUT2D eigenvalue weighted by Crippen LogP contribution is -2.51. The molecular weight excluding hydrogens is 320 g/mol. The molecule has 0 aromatic rings. The maximum Gasteiger partial charge on any atom is 0.257 e. The summed E-state index contributed by atoms with van der Waals surface area (Å²) in [6.07, 6.45) is 0. The number of halogens is 4. The second-order valence-corrected chi connectivity index (χ2v) is 7.74. The Morgan fingerprint density at radius 2 is 1.75 bits per heavy atom. The normalized spacial score (nSPS) is 52.4. The number of carbonyl (C=O) groups is 1. The highest BCUT2D eigenvalue weighted by atomic mass is 35.5. The number of hydrogen-bond acceptors (Lipinski definition) is 3. The minimum Gasteiger partial charge on any atom is -0.272 e. The summed E-state index contributed by atoms with van der Waals surface area (Å²) in [5, 5.41) is -1.23. The molecule has 3 aliphatic rings. The predicted octanol–water partition coefficient (Wildman–Crippen LogP) is 1.10. The van der Waals surface area contributed by atoms with Gasteiger partial charge in [-0.3, -0.25) is 9.52 Å². The number of allylic oxidation sites excluding steroid dienone is 1. The fraction of sp³-hybridized carbons (Fsp3) is 0.571. The largest absolute Gasteiger partial charge is 0.272 e. The van der Waals surface area contributed by atoms with Gasteiger partial charge in [0.15, 0.2) is 4.87 Å². The number of nitrogens with one attached hydrogen (secondary N) is 1. The number of amides is 1. The third-order valence-electron chi connectivity index (χ3n) is 3.28. The fourth-order valence-electron chi connectivity index (χ4n) is 2.48. The minimum atomic E-state index is -3.89. The van der Waals surface area contributed by atoms with E-state index in [4.69, 9.17) is 46.4 Å². The summed E-state index contributed by atoms with van der Waals surface area (Å²) in [5.41, 5.74) is 0. The molecule has 0 radical (unpaired) electrons. The molecule has 0 unspecified atom stereocenters. The molecule has 4 nitrogen and oxygen atoms in total. The van der Waals surface area contributed by atoms with E-state index < -0.39 is 36.8 Å². The molecule has 2 aliphatic carbocycles. The van der Waals surface area contributed by atoms with Crippen molar-refractivity contribution in [3.05, 3.63) is 10.1 Å². The van der Waals surface area contributed by atoms with Gasteiger partial charge in [-0.2, -0.15) is 0 Å². The van der Waals surface area contributed by atoms with Gasteiger partial charge < -0.3 is 0 Å². The van der Waals surface area contributed by atoms with Crippen molar-refractivity contribution in [3.63, 3.8) is 0 Å². The van der Waals surface area contributed by atoms with E-state index in [1.54, 1.807) is 0 Å². The first-order valence-corrected chi connectivity index (χ1v) is 7.24. The molecule has 1 amide bonds. The van der Waals surface area contributed by atoms with Gasteiger partial charge in [-0.05, 0) is 0 Å². The van der Waals surface area contributed by atoms with Gasteiger partial charge in [-0.1, -0.05) is 23.2 Å². The monoisotopic (exact) mass is 321 g/mol. The molecule has 1 saturated heterocycles. The number of carbonyl (C=O) groups excluding carboxylic acids is 1. The zero-order valence-corrected chi connectivity index (χ0v) is 11.1. The topological polar surface area (TPSA) is 63.2 Å². The molecule has 1 aliphatic heterocycles. The summed E-state index contributed by atoms with van der Waals surface area (Å²) in [4.78, 5) is 8.71. The Labute approximate surface area is 111 Å². The third-order valence-corrected chi connectivity index (χ3v) is 7.70. The van der Waals surface area contributed by atoms with Crippen LogP contribution in [0.5, 0.6) is 0 Å². The van der Waals surface area contributed by atoms with Crippen molar-refractivity contribution in [3.8, 4) is 0 Å². The highest BCUT2D eigenvalue weighted by molar-refractivity contribution is 7.91. The number of fused-ring (bicyclic) bond motifs is 1. The van der Waals surface area contributed by atoms with Crippen LogP contribution in [-0.2, 0) is 14.8 Å². The van der Waals surface area contributed by atoms with Gasteiger partial charge in [0.1, 0.15) is 10.1 Å². The van der Waals surface area contributed by atoms with E-state index in [1.807, 2.05) is 4.72 Å². The maximum absolute atomic E-state index is 11.7. The Morgan fingerprint density at radius 3 is 2.31 bits per heavy atom. The van der Waals surface area contributed by atoms with Crippen LogP contribution in [0.15, 0.2) is 10.1 Å². The lowest BCUT2D eigenvalue weighted by atomic mass is 10.2. The van der Waals surface area contributed by atoms with Crippen LogP contribution in [0.4, 0.5) is 0 Å². The molecule has 0 aromatic carbocycles. The zero-order chi connectivity index (χ0) is 12.1. The fourth-order valence-corrected chi connectivity index (χ4v) is 6.65. The minimum absolute atomic E-state index is 0.0424. The van der Waals surface area contributed by atoms with Crippen molar-refractivity contribution in [1.29, 1.82) is 0 Å². The third kappa shape index (κ3) is 0.861. The second-order valence-electron chi connectivity index (χ2n) is 3.96. The lowest BCUT2D eigenvalue weighted by Gasteiger charge is -2.25. The summed E-state index contributed by atoms with van der Waals surface area (Å²) >= 11 is 23.8. The average Bonchev–Trinajstić information content (AvgIpc) is 2.56. The molecular formula is C7H3Cl4NO3S. The van der Waals surface area contributed by atoms with Crippen molar-refractivity contribution in [2.24, 2.45) is 5.92 Å². The average molecular weight is 323 g/mol. The summed E-state index contributed by atoms with van der Waals surface area (Å²) in [5.74, 6) is -1.63. The molecule has 1 saturated carbocycles. The van der Waals surface area contributed by atoms with Crippen LogP contribution in [-0.4, -0.2) is 29.3 Å². The summed E-state index contributed by atoms with van der Waals surface area (Å²) in [6, 6.07) is 0. The standard InChI is InChI=1S/C7H3Cl4NO3S/c8-1-2-3-6(10,4(1)9)7(3,11)5(13)12-16(2,14)15/h2-3H,(H,12,13)/t2-,3-,6+,7-/m1/s1. The van der Waals surface area contributed by atoms with Gasteiger partial charge in [-0.25, -0.2) is 8.42 Å². The Morgan fingerprint density at radius 1 is 1.19 bits per heavy atom. The Kier molecular flexibility index (Phi) is 1.90. The Hall–Kier alpha value is 0.320. The van der Waals surface area contributed by atoms with Crippen molar-refractivity contribution in [2.45, 2.75) is 15.0 Å². The lowest BCUT2D eigenvalue weighted by molar-refractivity contribution is -0.120. The molecule has 9 heteroatoms. The van der Waals surface area contributed by atoms with E-state index in [9.17, 15) is 13.2 Å². The molecule has 16 heavy (non-hydrogen) atoms. The number of rotatable bonds is 0. The first-order chi connectivity index (χ1) is 7.19. The summed E-state index contributed by atoms with van der Waals surface area (Å²) < 4.78 is 25.2. The van der Waals surface area contributed by atoms with E-state index in [1.165, 1.54) is 0 Å². The molecule has 1 heterocycles. The smallest absolute Gasteiger partial charge is 0.257 e. The molecule has 0 aromatic heterocycles. The molecule has 0 bridgehead atoms. The van der Waals surface area contributed by atoms with Crippen LogP contribution in [0.1, 0.15) is 0 Å². The van der Waals surface area contributed by atoms with Crippen LogP contribution in [0.2, 0.25) is 0 Å². The highest BCUT2D eigenvalue weighted by Gasteiger charge is 2.90. The van der Waals surface area contributed by atoms with E-state index >= 15 is 0 Å². The predicted molar refractivity (Wildman–Crippen MR) is 60.2 cm³/mol. The molecule has 2 fully saturated rings. The molecule has 0 spiro atoms. The first-order valence-electron chi connectivity index (χ1n) is 4.18. The first kappa shape index (κ1) is 11.4. The van der Waals surface area contributed by atoms with Crippen LogP contribution in [0, 0.1) is 5.92 Å². The summed E-state index contributed by atoms with van der Waals surface area (Å²) in [6.45, 7) is 0. The molecule has 88 valence electrons. The van der Waals surface area contributed by atoms with Crippen molar-refractivity contribution >= 4 is 62.3 Å². The maximum atomic E-state index is 11.7. The van der Waals surface area contributed by atoms with E-state index in [2.05, 4.69) is 0 Å². The van der Waals surface area contributed by atoms with Crippen molar-refractivity contribution < 1.29 is 13.2 Å². The SMILES string of the molecule is O=C1NS(=O)(=O)[C@@H]2C(Cl)=C(Cl)[C@@]3(Cl)[C@@H]2[C@@]13Cl. The Bertz CT molecular complexity index is 572. The highest BCUT2D eigenvalue weighted by Crippen LogP contribution is 2.76. The Balaban J connectivity index is 2.31. The second kappa shape index (κ2) is 2.67. The summed E-state index contributed by atoms with van der Waals surface area (Å²) in [7, 11) is -3.89. The number of hydrogen-bond donors (Lipinski definition) is 1. The number of sulfonamides is 1. The van der Waals surface area contributed by atoms with Gasteiger partial charge in [0, 0.05) is 5.92 Å².